The van der Waals surface area contributed by atoms with Crippen molar-refractivity contribution in [2.24, 2.45) is 0 Å². The van der Waals surface area contributed by atoms with Gasteiger partial charge in [0.25, 0.3) is 0 Å². The van der Waals surface area contributed by atoms with Crippen LogP contribution in [0.2, 0.25) is 0 Å². The van der Waals surface area contributed by atoms with Gasteiger partial charge in [-0.15, -0.1) is 5.92 Å². The first-order chi connectivity index (χ1) is 5.34. The monoisotopic (exact) mass is 146 g/mol. The van der Waals surface area contributed by atoms with Crippen LogP contribution in [0.15, 0.2) is 30.3 Å². The van der Waals surface area contributed by atoms with Crippen molar-refractivity contribution in [3.8, 4) is 11.8 Å². The Bertz CT molecular complexity index is 266. The van der Waals surface area contributed by atoms with E-state index in [9.17, 15) is 5.11 Å². The van der Waals surface area contributed by atoms with Crippen LogP contribution in [-0.4, -0.2) is 5.11 Å². The molecule has 56 valence electrons. The lowest BCUT2D eigenvalue weighted by Crippen LogP contribution is -1.91. The molecule has 0 aliphatic heterocycles. The predicted molar refractivity (Wildman–Crippen MR) is 44.9 cm³/mol. The molecule has 11 heavy (non-hydrogen) atoms. The zero-order valence-electron chi connectivity index (χ0n) is 6.41. The number of aliphatic hydroxyl groups excluding tert-OH is 1. The second-order valence-electron chi connectivity index (χ2n) is 2.21. The number of aliphatic hydroxyl groups is 1. The number of hydrogen-bond acceptors (Lipinski definition) is 1. The summed E-state index contributed by atoms with van der Waals surface area (Å²) in [5, 5.41) is 9.35. The second-order valence-corrected chi connectivity index (χ2v) is 2.21. The summed E-state index contributed by atoms with van der Waals surface area (Å²) in [6.07, 6.45) is -0.638. The highest BCUT2D eigenvalue weighted by Crippen LogP contribution is 2.09. The Kier molecular flexibility index (Phi) is 2.71. The molecule has 1 rings (SSSR count). The van der Waals surface area contributed by atoms with Crippen molar-refractivity contribution in [3.63, 3.8) is 0 Å². The van der Waals surface area contributed by atoms with Crippen molar-refractivity contribution in [1.82, 2.24) is 0 Å². The Hall–Kier alpha value is -1.26. The molecular weight excluding hydrogens is 136 g/mol. The van der Waals surface area contributed by atoms with Crippen molar-refractivity contribution in [3.05, 3.63) is 35.9 Å². The van der Waals surface area contributed by atoms with Gasteiger partial charge in [0.1, 0.15) is 6.10 Å². The van der Waals surface area contributed by atoms with Gasteiger partial charge in [-0.3, -0.25) is 0 Å². The molecule has 0 saturated carbocycles. The third-order valence-electron chi connectivity index (χ3n) is 1.40. The molecule has 0 spiro atoms. The number of benzene rings is 1. The zero-order chi connectivity index (χ0) is 8.10. The summed E-state index contributed by atoms with van der Waals surface area (Å²) in [5.41, 5.74) is 0.849. The molecule has 1 heteroatoms. The van der Waals surface area contributed by atoms with Crippen molar-refractivity contribution < 1.29 is 5.11 Å². The van der Waals surface area contributed by atoms with Crippen molar-refractivity contribution in [1.29, 1.82) is 0 Å². The summed E-state index contributed by atoms with van der Waals surface area (Å²) in [4.78, 5) is 0. The first kappa shape index (κ1) is 7.84. The maximum absolute atomic E-state index is 9.35. The fourth-order valence-electron chi connectivity index (χ4n) is 0.855. The SMILES string of the molecule is CC#CC(O)c1ccccc1. The molecular formula is C10H10O. The third-order valence-corrected chi connectivity index (χ3v) is 1.40. The van der Waals surface area contributed by atoms with Crippen LogP contribution in [0.1, 0.15) is 18.6 Å². The van der Waals surface area contributed by atoms with E-state index >= 15 is 0 Å². The molecule has 0 fully saturated rings. The molecule has 0 bridgehead atoms. The van der Waals surface area contributed by atoms with Gasteiger partial charge in [-0.1, -0.05) is 36.3 Å². The first-order valence-corrected chi connectivity index (χ1v) is 3.50. The minimum absolute atomic E-state index is 0.638. The van der Waals surface area contributed by atoms with Crippen molar-refractivity contribution in [2.75, 3.05) is 0 Å². The lowest BCUT2D eigenvalue weighted by molar-refractivity contribution is 0.238. The van der Waals surface area contributed by atoms with Crippen LogP contribution in [-0.2, 0) is 0 Å². The van der Waals surface area contributed by atoms with E-state index in [0.717, 1.165) is 5.56 Å². The van der Waals surface area contributed by atoms with Gasteiger partial charge < -0.3 is 5.11 Å². The van der Waals surface area contributed by atoms with Gasteiger partial charge in [-0.05, 0) is 12.5 Å². The summed E-state index contributed by atoms with van der Waals surface area (Å²) in [6.45, 7) is 1.71. The maximum Gasteiger partial charge on any atom is 0.140 e. The molecule has 0 aliphatic carbocycles. The van der Waals surface area contributed by atoms with E-state index in [1.807, 2.05) is 30.3 Å². The minimum atomic E-state index is -0.638. The minimum Gasteiger partial charge on any atom is -0.376 e. The highest BCUT2D eigenvalue weighted by atomic mass is 16.3. The van der Waals surface area contributed by atoms with E-state index in [4.69, 9.17) is 0 Å². The molecule has 1 aromatic carbocycles. The fraction of sp³-hybridized carbons (Fsp3) is 0.200. The number of rotatable bonds is 1. The Morgan fingerprint density at radius 2 is 1.91 bits per heavy atom. The average molecular weight is 146 g/mol. The highest BCUT2D eigenvalue weighted by molar-refractivity contribution is 5.24. The normalized spacial score (nSPS) is 11.5. The molecule has 0 amide bonds. The van der Waals surface area contributed by atoms with Crippen LogP contribution >= 0.6 is 0 Å². The van der Waals surface area contributed by atoms with Crippen LogP contribution in [0.5, 0.6) is 0 Å². The summed E-state index contributed by atoms with van der Waals surface area (Å²) in [5.74, 6) is 5.33. The number of hydrogen-bond donors (Lipinski definition) is 1. The first-order valence-electron chi connectivity index (χ1n) is 3.50. The molecule has 0 aliphatic rings. The van der Waals surface area contributed by atoms with Gasteiger partial charge >= 0.3 is 0 Å². The Morgan fingerprint density at radius 1 is 1.27 bits per heavy atom. The van der Waals surface area contributed by atoms with Gasteiger partial charge in [-0.2, -0.15) is 0 Å². The van der Waals surface area contributed by atoms with Crippen molar-refractivity contribution in [2.45, 2.75) is 13.0 Å². The van der Waals surface area contributed by atoms with Crippen LogP contribution in [0.4, 0.5) is 0 Å². The molecule has 1 aromatic rings. The van der Waals surface area contributed by atoms with E-state index < -0.39 is 6.10 Å². The Morgan fingerprint density at radius 3 is 2.45 bits per heavy atom. The lowest BCUT2D eigenvalue weighted by Gasteiger charge is -2.00. The van der Waals surface area contributed by atoms with Gasteiger partial charge in [0.15, 0.2) is 0 Å². The van der Waals surface area contributed by atoms with Gasteiger partial charge in [-0.25, -0.2) is 0 Å². The topological polar surface area (TPSA) is 20.2 Å². The van der Waals surface area contributed by atoms with E-state index in [2.05, 4.69) is 11.8 Å². The van der Waals surface area contributed by atoms with Gasteiger partial charge in [0, 0.05) is 0 Å². The maximum atomic E-state index is 9.35. The molecule has 0 aromatic heterocycles. The third kappa shape index (κ3) is 2.10. The molecule has 0 radical (unpaired) electrons. The molecule has 1 atom stereocenters. The summed E-state index contributed by atoms with van der Waals surface area (Å²) in [6, 6.07) is 9.39. The van der Waals surface area contributed by atoms with Gasteiger partial charge in [0.05, 0.1) is 0 Å². The Balaban J connectivity index is 2.82. The largest absolute Gasteiger partial charge is 0.376 e. The summed E-state index contributed by atoms with van der Waals surface area (Å²) >= 11 is 0. The lowest BCUT2D eigenvalue weighted by atomic mass is 10.1. The van der Waals surface area contributed by atoms with E-state index in [1.54, 1.807) is 6.92 Å². The molecule has 1 nitrogen and oxygen atoms in total. The van der Waals surface area contributed by atoms with E-state index in [1.165, 1.54) is 0 Å². The fourth-order valence-corrected chi connectivity index (χ4v) is 0.855. The predicted octanol–water partition coefficient (Wildman–Crippen LogP) is 1.74. The highest BCUT2D eigenvalue weighted by Gasteiger charge is 1.99. The smallest absolute Gasteiger partial charge is 0.140 e. The van der Waals surface area contributed by atoms with Crippen LogP contribution in [0.25, 0.3) is 0 Å². The summed E-state index contributed by atoms with van der Waals surface area (Å²) in [7, 11) is 0. The van der Waals surface area contributed by atoms with E-state index in [-0.39, 0.29) is 0 Å². The molecule has 1 unspecified atom stereocenters. The standard InChI is InChI=1S/C10H10O/c1-2-6-10(11)9-7-4-3-5-8-9/h3-5,7-8,10-11H,1H3. The summed E-state index contributed by atoms with van der Waals surface area (Å²) < 4.78 is 0. The Labute approximate surface area is 66.7 Å². The van der Waals surface area contributed by atoms with Crippen LogP contribution in [0.3, 0.4) is 0 Å². The second kappa shape index (κ2) is 3.80. The van der Waals surface area contributed by atoms with Gasteiger partial charge in [0.2, 0.25) is 0 Å². The van der Waals surface area contributed by atoms with Crippen molar-refractivity contribution >= 4 is 0 Å². The quantitative estimate of drug-likeness (QED) is 0.598. The molecule has 0 heterocycles. The molecule has 1 N–H and O–H groups in total. The molecule has 0 saturated heterocycles. The van der Waals surface area contributed by atoms with Crippen LogP contribution < -0.4 is 0 Å². The average Bonchev–Trinajstić information content (AvgIpc) is 2.07. The van der Waals surface area contributed by atoms with Crippen LogP contribution in [0, 0.1) is 11.8 Å². The van der Waals surface area contributed by atoms with E-state index in [0.29, 0.717) is 0 Å². The zero-order valence-corrected chi connectivity index (χ0v) is 6.41.